The standard InChI is InChI=1S/C15H15BrO2/c16-15-13(7-8-18-15)14(17)12-6-5-10-3-1-2-4-11(10)9-12/h5-9,14,17H,1-4H2. The Kier molecular flexibility index (Phi) is 3.27. The zero-order valence-electron chi connectivity index (χ0n) is 10.0. The molecule has 2 nitrogen and oxygen atoms in total. The van der Waals surface area contributed by atoms with Crippen molar-refractivity contribution in [2.24, 2.45) is 0 Å². The second-order valence-electron chi connectivity index (χ2n) is 4.79. The van der Waals surface area contributed by atoms with Crippen molar-refractivity contribution in [3.8, 4) is 0 Å². The highest BCUT2D eigenvalue weighted by molar-refractivity contribution is 9.10. The quantitative estimate of drug-likeness (QED) is 0.909. The lowest BCUT2D eigenvalue weighted by Crippen LogP contribution is -2.06. The number of hydrogen-bond acceptors (Lipinski definition) is 2. The van der Waals surface area contributed by atoms with Gasteiger partial charge in [-0.15, -0.1) is 0 Å². The maximum Gasteiger partial charge on any atom is 0.175 e. The smallest absolute Gasteiger partial charge is 0.175 e. The Morgan fingerprint density at radius 3 is 2.61 bits per heavy atom. The van der Waals surface area contributed by atoms with Crippen LogP contribution in [0.5, 0.6) is 0 Å². The van der Waals surface area contributed by atoms with Gasteiger partial charge in [-0.05, 0) is 64.4 Å². The fourth-order valence-electron chi connectivity index (χ4n) is 2.60. The van der Waals surface area contributed by atoms with E-state index in [2.05, 4.69) is 28.1 Å². The molecule has 1 aromatic carbocycles. The van der Waals surface area contributed by atoms with E-state index in [1.165, 1.54) is 30.4 Å². The Morgan fingerprint density at radius 1 is 1.11 bits per heavy atom. The molecular formula is C15H15BrO2. The van der Waals surface area contributed by atoms with Crippen LogP contribution in [0.2, 0.25) is 0 Å². The van der Waals surface area contributed by atoms with Gasteiger partial charge in [0.2, 0.25) is 0 Å². The zero-order valence-corrected chi connectivity index (χ0v) is 11.6. The van der Waals surface area contributed by atoms with E-state index < -0.39 is 6.10 Å². The summed E-state index contributed by atoms with van der Waals surface area (Å²) in [5, 5.41) is 10.4. The third-order valence-electron chi connectivity index (χ3n) is 3.63. The first-order valence-corrected chi connectivity index (χ1v) is 7.07. The van der Waals surface area contributed by atoms with E-state index in [4.69, 9.17) is 4.42 Å². The van der Waals surface area contributed by atoms with Gasteiger partial charge in [-0.2, -0.15) is 0 Å². The minimum atomic E-state index is -0.620. The van der Waals surface area contributed by atoms with E-state index in [0.29, 0.717) is 4.67 Å². The molecule has 0 saturated carbocycles. The lowest BCUT2D eigenvalue weighted by Gasteiger charge is -2.18. The first-order valence-electron chi connectivity index (χ1n) is 6.28. The number of fused-ring (bicyclic) bond motifs is 1. The molecule has 0 saturated heterocycles. The van der Waals surface area contributed by atoms with Crippen LogP contribution in [0.15, 0.2) is 39.6 Å². The summed E-state index contributed by atoms with van der Waals surface area (Å²) in [7, 11) is 0. The number of aryl methyl sites for hydroxylation is 2. The van der Waals surface area contributed by atoms with Crippen LogP contribution in [0.4, 0.5) is 0 Å². The molecule has 3 rings (SSSR count). The van der Waals surface area contributed by atoms with E-state index in [-0.39, 0.29) is 0 Å². The third kappa shape index (κ3) is 2.13. The van der Waals surface area contributed by atoms with Crippen LogP contribution in [0.25, 0.3) is 0 Å². The fourth-order valence-corrected chi connectivity index (χ4v) is 3.06. The number of halogens is 1. The summed E-state index contributed by atoms with van der Waals surface area (Å²) in [4.78, 5) is 0. The molecule has 1 aliphatic carbocycles. The highest BCUT2D eigenvalue weighted by Crippen LogP contribution is 2.31. The van der Waals surface area contributed by atoms with Gasteiger partial charge in [0.25, 0.3) is 0 Å². The maximum absolute atomic E-state index is 10.4. The van der Waals surface area contributed by atoms with Gasteiger partial charge < -0.3 is 9.52 Å². The minimum Gasteiger partial charge on any atom is -0.457 e. The largest absolute Gasteiger partial charge is 0.457 e. The van der Waals surface area contributed by atoms with E-state index in [1.807, 2.05) is 6.07 Å². The number of benzene rings is 1. The molecule has 0 spiro atoms. The van der Waals surface area contributed by atoms with Crippen LogP contribution in [-0.4, -0.2) is 5.11 Å². The first-order chi connectivity index (χ1) is 8.75. The highest BCUT2D eigenvalue weighted by atomic mass is 79.9. The summed E-state index contributed by atoms with van der Waals surface area (Å²) in [6, 6.07) is 8.11. The number of aliphatic hydroxyl groups is 1. The molecule has 18 heavy (non-hydrogen) atoms. The summed E-state index contributed by atoms with van der Waals surface area (Å²) in [6.45, 7) is 0. The maximum atomic E-state index is 10.4. The van der Waals surface area contributed by atoms with Crippen LogP contribution in [0, 0.1) is 0 Å². The van der Waals surface area contributed by atoms with Crippen LogP contribution >= 0.6 is 15.9 Å². The molecule has 94 valence electrons. The van der Waals surface area contributed by atoms with E-state index in [1.54, 1.807) is 12.3 Å². The van der Waals surface area contributed by atoms with Crippen molar-refractivity contribution in [2.75, 3.05) is 0 Å². The van der Waals surface area contributed by atoms with Crippen LogP contribution in [0.3, 0.4) is 0 Å². The number of hydrogen-bond donors (Lipinski definition) is 1. The van der Waals surface area contributed by atoms with Gasteiger partial charge in [-0.1, -0.05) is 18.2 Å². The number of rotatable bonds is 2. The van der Waals surface area contributed by atoms with Crippen LogP contribution in [-0.2, 0) is 12.8 Å². The van der Waals surface area contributed by atoms with Gasteiger partial charge in [0.05, 0.1) is 6.26 Å². The Morgan fingerprint density at radius 2 is 1.89 bits per heavy atom. The fraction of sp³-hybridized carbons (Fsp3) is 0.333. The number of furan rings is 1. The van der Waals surface area contributed by atoms with E-state index in [0.717, 1.165) is 17.5 Å². The summed E-state index contributed by atoms with van der Waals surface area (Å²) >= 11 is 3.31. The predicted molar refractivity (Wildman–Crippen MR) is 73.6 cm³/mol. The average Bonchev–Trinajstić information content (AvgIpc) is 2.83. The molecule has 1 N–H and O–H groups in total. The van der Waals surface area contributed by atoms with Crippen molar-refractivity contribution in [1.29, 1.82) is 0 Å². The second kappa shape index (κ2) is 4.90. The van der Waals surface area contributed by atoms with Crippen LogP contribution in [0.1, 0.15) is 41.2 Å². The molecule has 2 aromatic rings. The van der Waals surface area contributed by atoms with Crippen LogP contribution < -0.4 is 0 Å². The van der Waals surface area contributed by atoms with Gasteiger partial charge >= 0.3 is 0 Å². The first kappa shape index (κ1) is 12.0. The average molecular weight is 307 g/mol. The third-order valence-corrected chi connectivity index (χ3v) is 4.27. The van der Waals surface area contributed by atoms with Crippen molar-refractivity contribution >= 4 is 15.9 Å². The van der Waals surface area contributed by atoms with Gasteiger partial charge in [0.15, 0.2) is 4.67 Å². The summed E-state index contributed by atoms with van der Waals surface area (Å²) in [6.07, 6.45) is 5.79. The van der Waals surface area contributed by atoms with Crippen molar-refractivity contribution in [1.82, 2.24) is 0 Å². The Labute approximate surface area is 115 Å². The molecule has 1 atom stereocenters. The predicted octanol–water partition coefficient (Wildman–Crippen LogP) is 4.00. The molecule has 0 bridgehead atoms. The van der Waals surface area contributed by atoms with Gasteiger partial charge in [-0.25, -0.2) is 0 Å². The monoisotopic (exact) mass is 306 g/mol. The van der Waals surface area contributed by atoms with Gasteiger partial charge in [-0.3, -0.25) is 0 Å². The van der Waals surface area contributed by atoms with Crippen molar-refractivity contribution in [3.63, 3.8) is 0 Å². The van der Waals surface area contributed by atoms with Crippen molar-refractivity contribution < 1.29 is 9.52 Å². The Hall–Kier alpha value is -1.06. The van der Waals surface area contributed by atoms with Crippen molar-refractivity contribution in [2.45, 2.75) is 31.8 Å². The normalized spacial score (nSPS) is 16.3. The molecule has 3 heteroatoms. The molecule has 1 heterocycles. The molecule has 1 aliphatic rings. The molecule has 1 aromatic heterocycles. The molecule has 0 fully saturated rings. The Balaban J connectivity index is 1.95. The molecule has 0 amide bonds. The summed E-state index contributed by atoms with van der Waals surface area (Å²) < 4.78 is 5.78. The van der Waals surface area contributed by atoms with Crippen molar-refractivity contribution in [3.05, 3.63) is 57.5 Å². The summed E-state index contributed by atoms with van der Waals surface area (Å²) in [5.74, 6) is 0. The molecular weight excluding hydrogens is 292 g/mol. The lowest BCUT2D eigenvalue weighted by molar-refractivity contribution is 0.218. The number of aliphatic hydroxyl groups excluding tert-OH is 1. The SMILES string of the molecule is OC(c1ccc2c(c1)CCCC2)c1ccoc1Br. The molecule has 0 radical (unpaired) electrons. The minimum absolute atomic E-state index is 0.604. The molecule has 0 aliphatic heterocycles. The lowest BCUT2D eigenvalue weighted by atomic mass is 9.89. The second-order valence-corrected chi connectivity index (χ2v) is 5.51. The topological polar surface area (TPSA) is 33.4 Å². The molecule has 1 unspecified atom stereocenters. The van der Waals surface area contributed by atoms with E-state index in [9.17, 15) is 5.11 Å². The van der Waals surface area contributed by atoms with Gasteiger partial charge in [0, 0.05) is 5.56 Å². The zero-order chi connectivity index (χ0) is 12.5. The summed E-state index contributed by atoms with van der Waals surface area (Å²) in [5.41, 5.74) is 4.55. The van der Waals surface area contributed by atoms with E-state index >= 15 is 0 Å². The van der Waals surface area contributed by atoms with Gasteiger partial charge in [0.1, 0.15) is 6.10 Å². The Bertz CT molecular complexity index is 559. The highest BCUT2D eigenvalue weighted by Gasteiger charge is 2.18.